The minimum absolute atomic E-state index is 0.135. The number of phenolic OH excluding ortho intramolecular Hbond substituents is 1. The molecule has 2 aromatic carbocycles. The van der Waals surface area contributed by atoms with Crippen molar-refractivity contribution in [1.82, 2.24) is 4.90 Å². The van der Waals surface area contributed by atoms with Crippen molar-refractivity contribution in [3.8, 4) is 5.75 Å². The SMILES string of the molecule is O=C(CCCC(O)c1ccc(O)cc1)N1C(=O)OCC1c1ccccc1. The van der Waals surface area contributed by atoms with Gasteiger partial charge in [-0.05, 0) is 36.1 Å². The number of benzene rings is 2. The van der Waals surface area contributed by atoms with Gasteiger partial charge in [0.25, 0.3) is 0 Å². The summed E-state index contributed by atoms with van der Waals surface area (Å²) in [6, 6.07) is 15.2. The molecule has 1 fully saturated rings. The fourth-order valence-electron chi connectivity index (χ4n) is 3.05. The zero-order valence-electron chi connectivity index (χ0n) is 14.2. The first-order chi connectivity index (χ1) is 12.6. The molecule has 6 nitrogen and oxygen atoms in total. The van der Waals surface area contributed by atoms with E-state index >= 15 is 0 Å². The molecule has 2 amide bonds. The van der Waals surface area contributed by atoms with Crippen LogP contribution in [0.3, 0.4) is 0 Å². The molecule has 2 atom stereocenters. The Bertz CT molecular complexity index is 760. The number of hydrogen-bond acceptors (Lipinski definition) is 5. The summed E-state index contributed by atoms with van der Waals surface area (Å²) in [6.45, 7) is 0.157. The Morgan fingerprint density at radius 2 is 1.85 bits per heavy atom. The van der Waals surface area contributed by atoms with Crippen LogP contribution in [0.2, 0.25) is 0 Å². The average molecular weight is 355 g/mol. The van der Waals surface area contributed by atoms with Gasteiger partial charge in [-0.2, -0.15) is 0 Å². The van der Waals surface area contributed by atoms with E-state index in [-0.39, 0.29) is 24.7 Å². The highest BCUT2D eigenvalue weighted by molar-refractivity contribution is 5.93. The van der Waals surface area contributed by atoms with Crippen molar-refractivity contribution < 1.29 is 24.5 Å². The third-order valence-electron chi connectivity index (χ3n) is 4.47. The van der Waals surface area contributed by atoms with Crippen LogP contribution >= 0.6 is 0 Å². The molecule has 1 aliphatic heterocycles. The molecule has 2 aromatic rings. The van der Waals surface area contributed by atoms with E-state index in [4.69, 9.17) is 4.74 Å². The van der Waals surface area contributed by atoms with Crippen LogP contribution in [0.25, 0.3) is 0 Å². The van der Waals surface area contributed by atoms with Gasteiger partial charge in [0.15, 0.2) is 0 Å². The van der Waals surface area contributed by atoms with Crippen molar-refractivity contribution in [2.24, 2.45) is 0 Å². The second kappa shape index (κ2) is 8.01. The fraction of sp³-hybridized carbons (Fsp3) is 0.300. The highest BCUT2D eigenvalue weighted by atomic mass is 16.6. The van der Waals surface area contributed by atoms with Gasteiger partial charge in [-0.15, -0.1) is 0 Å². The van der Waals surface area contributed by atoms with Gasteiger partial charge in [0, 0.05) is 6.42 Å². The van der Waals surface area contributed by atoms with Gasteiger partial charge >= 0.3 is 6.09 Å². The predicted octanol–water partition coefficient (Wildman–Crippen LogP) is 3.32. The molecular weight excluding hydrogens is 334 g/mol. The first kappa shape index (κ1) is 17.9. The van der Waals surface area contributed by atoms with E-state index < -0.39 is 18.2 Å². The van der Waals surface area contributed by atoms with Crippen LogP contribution < -0.4 is 0 Å². The van der Waals surface area contributed by atoms with E-state index in [1.54, 1.807) is 12.1 Å². The van der Waals surface area contributed by atoms with Gasteiger partial charge < -0.3 is 14.9 Å². The number of hydrogen-bond donors (Lipinski definition) is 2. The summed E-state index contributed by atoms with van der Waals surface area (Å²) < 4.78 is 5.05. The Labute approximate surface area is 151 Å². The summed E-state index contributed by atoms with van der Waals surface area (Å²) in [7, 11) is 0. The van der Waals surface area contributed by atoms with E-state index in [1.165, 1.54) is 17.0 Å². The third kappa shape index (κ3) is 4.03. The number of rotatable bonds is 6. The molecule has 3 rings (SSSR count). The van der Waals surface area contributed by atoms with Crippen LogP contribution in [0.5, 0.6) is 5.75 Å². The van der Waals surface area contributed by atoms with Crippen LogP contribution in [-0.4, -0.2) is 33.7 Å². The van der Waals surface area contributed by atoms with Gasteiger partial charge in [-0.25, -0.2) is 9.69 Å². The summed E-state index contributed by atoms with van der Waals surface area (Å²) in [4.78, 5) is 25.6. The number of carbonyl (C=O) groups is 2. The lowest BCUT2D eigenvalue weighted by molar-refractivity contribution is -0.129. The molecule has 0 spiro atoms. The lowest BCUT2D eigenvalue weighted by Crippen LogP contribution is -2.34. The Kier molecular flexibility index (Phi) is 5.53. The molecule has 0 bridgehead atoms. The third-order valence-corrected chi connectivity index (χ3v) is 4.47. The summed E-state index contributed by atoms with van der Waals surface area (Å²) >= 11 is 0. The van der Waals surface area contributed by atoms with Gasteiger partial charge in [0.2, 0.25) is 5.91 Å². The van der Waals surface area contributed by atoms with Gasteiger partial charge in [0.1, 0.15) is 18.4 Å². The minimum Gasteiger partial charge on any atom is -0.508 e. The largest absolute Gasteiger partial charge is 0.508 e. The number of cyclic esters (lactones) is 1. The molecule has 136 valence electrons. The van der Waals surface area contributed by atoms with Crippen molar-refractivity contribution >= 4 is 12.0 Å². The lowest BCUT2D eigenvalue weighted by atomic mass is 10.0. The zero-order valence-corrected chi connectivity index (χ0v) is 14.2. The number of amides is 2. The van der Waals surface area contributed by atoms with Crippen molar-refractivity contribution in [3.05, 3.63) is 65.7 Å². The summed E-state index contributed by atoms with van der Waals surface area (Å²) in [5.41, 5.74) is 1.54. The monoisotopic (exact) mass is 355 g/mol. The highest BCUT2D eigenvalue weighted by Gasteiger charge is 2.38. The number of aliphatic hydroxyl groups is 1. The number of carbonyl (C=O) groups excluding carboxylic acids is 2. The maximum Gasteiger partial charge on any atom is 0.417 e. The lowest BCUT2D eigenvalue weighted by Gasteiger charge is -2.20. The van der Waals surface area contributed by atoms with Crippen molar-refractivity contribution in [2.45, 2.75) is 31.4 Å². The summed E-state index contributed by atoms with van der Waals surface area (Å²) in [5, 5.41) is 19.5. The molecular formula is C20H21NO5. The molecule has 0 aromatic heterocycles. The molecule has 26 heavy (non-hydrogen) atoms. The molecule has 0 aliphatic carbocycles. The second-order valence-electron chi connectivity index (χ2n) is 6.27. The Morgan fingerprint density at radius 1 is 1.15 bits per heavy atom. The minimum atomic E-state index is -0.723. The van der Waals surface area contributed by atoms with Gasteiger partial charge in [-0.3, -0.25) is 4.79 Å². The van der Waals surface area contributed by atoms with E-state index in [2.05, 4.69) is 0 Å². The molecule has 6 heteroatoms. The molecule has 2 unspecified atom stereocenters. The molecule has 1 heterocycles. The smallest absolute Gasteiger partial charge is 0.417 e. The Balaban J connectivity index is 1.56. The van der Waals surface area contributed by atoms with Crippen LogP contribution in [-0.2, 0) is 9.53 Å². The molecule has 2 N–H and O–H groups in total. The van der Waals surface area contributed by atoms with Gasteiger partial charge in [0.05, 0.1) is 6.10 Å². The normalized spacial score (nSPS) is 17.8. The summed E-state index contributed by atoms with van der Waals surface area (Å²) in [5.74, 6) is -0.171. The van der Waals surface area contributed by atoms with Crippen LogP contribution in [0.1, 0.15) is 42.5 Å². The summed E-state index contributed by atoms with van der Waals surface area (Å²) in [6.07, 6.45) is -0.378. The van der Waals surface area contributed by atoms with Crippen molar-refractivity contribution in [1.29, 1.82) is 0 Å². The van der Waals surface area contributed by atoms with E-state index in [0.717, 1.165) is 5.56 Å². The number of nitrogens with zero attached hydrogens (tertiary/aromatic N) is 1. The predicted molar refractivity (Wildman–Crippen MR) is 94.3 cm³/mol. The number of imide groups is 1. The molecule has 0 radical (unpaired) electrons. The Hall–Kier alpha value is -2.86. The number of phenols is 1. The Morgan fingerprint density at radius 3 is 2.54 bits per heavy atom. The van der Waals surface area contributed by atoms with E-state index in [9.17, 15) is 19.8 Å². The quantitative estimate of drug-likeness (QED) is 0.830. The van der Waals surface area contributed by atoms with E-state index in [1.807, 2.05) is 30.3 Å². The first-order valence-corrected chi connectivity index (χ1v) is 8.57. The fourth-order valence-corrected chi connectivity index (χ4v) is 3.05. The van der Waals surface area contributed by atoms with Gasteiger partial charge in [-0.1, -0.05) is 42.5 Å². The molecule has 1 aliphatic rings. The molecule has 0 saturated carbocycles. The first-order valence-electron chi connectivity index (χ1n) is 8.57. The maximum atomic E-state index is 12.5. The second-order valence-corrected chi connectivity index (χ2v) is 6.27. The maximum absolute atomic E-state index is 12.5. The van der Waals surface area contributed by atoms with Crippen molar-refractivity contribution in [2.75, 3.05) is 6.61 Å². The zero-order chi connectivity index (χ0) is 18.5. The van der Waals surface area contributed by atoms with Crippen molar-refractivity contribution in [3.63, 3.8) is 0 Å². The number of ether oxygens (including phenoxy) is 1. The van der Waals surface area contributed by atoms with E-state index in [0.29, 0.717) is 18.4 Å². The molecule has 1 saturated heterocycles. The number of aliphatic hydroxyl groups excluding tert-OH is 1. The highest BCUT2D eigenvalue weighted by Crippen LogP contribution is 2.29. The topological polar surface area (TPSA) is 87.1 Å². The van der Waals surface area contributed by atoms with Crippen LogP contribution in [0, 0.1) is 0 Å². The average Bonchev–Trinajstić information content (AvgIpc) is 3.04. The van der Waals surface area contributed by atoms with Crippen LogP contribution in [0.4, 0.5) is 4.79 Å². The standard InChI is InChI=1S/C20H21NO5/c22-16-11-9-15(10-12-16)18(23)7-4-8-19(24)21-17(13-26-20(21)25)14-5-2-1-3-6-14/h1-3,5-6,9-12,17-18,22-23H,4,7-8,13H2. The van der Waals surface area contributed by atoms with Crippen LogP contribution in [0.15, 0.2) is 54.6 Å². The number of aromatic hydroxyl groups is 1.